The van der Waals surface area contributed by atoms with Crippen LogP contribution in [0.2, 0.25) is 0 Å². The molecule has 0 bridgehead atoms. The smallest absolute Gasteiger partial charge is 0.191 e. The van der Waals surface area contributed by atoms with E-state index in [2.05, 4.69) is 30.4 Å². The molecule has 1 aliphatic heterocycles. The second kappa shape index (κ2) is 8.60. The maximum atomic E-state index is 13.6. The first-order chi connectivity index (χ1) is 12.3. The van der Waals surface area contributed by atoms with Gasteiger partial charge in [0, 0.05) is 26.6 Å². The number of aliphatic imine (C=N–C) groups is 1. The van der Waals surface area contributed by atoms with Crippen molar-refractivity contribution >= 4 is 5.96 Å². The highest BCUT2D eigenvalue weighted by Gasteiger charge is 2.14. The molecule has 0 atom stereocenters. The van der Waals surface area contributed by atoms with Crippen molar-refractivity contribution in [3.8, 4) is 0 Å². The Balaban J connectivity index is 1.50. The number of hydrogen-bond donors (Lipinski definition) is 2. The summed E-state index contributed by atoms with van der Waals surface area (Å²) in [4.78, 5) is 4.21. The Kier molecular flexibility index (Phi) is 5.98. The lowest BCUT2D eigenvalue weighted by molar-refractivity contribution is 0.595. The van der Waals surface area contributed by atoms with E-state index >= 15 is 0 Å². The fourth-order valence-corrected chi connectivity index (χ4v) is 3.08. The van der Waals surface area contributed by atoms with Crippen molar-refractivity contribution in [3.63, 3.8) is 0 Å². The molecular formula is C18H25FN6. The molecular weight excluding hydrogens is 319 g/mol. The third-order valence-corrected chi connectivity index (χ3v) is 4.47. The van der Waals surface area contributed by atoms with Crippen LogP contribution in [-0.4, -0.2) is 34.3 Å². The zero-order chi connectivity index (χ0) is 17.5. The van der Waals surface area contributed by atoms with Gasteiger partial charge in [-0.15, -0.1) is 10.2 Å². The van der Waals surface area contributed by atoms with Gasteiger partial charge in [0.1, 0.15) is 11.6 Å². The van der Waals surface area contributed by atoms with Crippen LogP contribution < -0.4 is 10.6 Å². The third-order valence-electron chi connectivity index (χ3n) is 4.47. The van der Waals surface area contributed by atoms with Crippen molar-refractivity contribution in [1.82, 2.24) is 25.4 Å². The van der Waals surface area contributed by atoms with Crippen LogP contribution >= 0.6 is 0 Å². The van der Waals surface area contributed by atoms with E-state index in [0.29, 0.717) is 31.0 Å². The Labute approximate surface area is 147 Å². The number of rotatable bonds is 5. The van der Waals surface area contributed by atoms with Crippen molar-refractivity contribution in [1.29, 1.82) is 0 Å². The summed E-state index contributed by atoms with van der Waals surface area (Å²) in [5, 5.41) is 15.1. The molecule has 0 fully saturated rings. The quantitative estimate of drug-likeness (QED) is 0.643. The lowest BCUT2D eigenvalue weighted by Gasteiger charge is -2.13. The SMILES string of the molecule is CN=C(NCCc1ccccc1F)NCc1nnc2n1CCCCC2. The van der Waals surface area contributed by atoms with Gasteiger partial charge in [-0.05, 0) is 30.9 Å². The zero-order valence-corrected chi connectivity index (χ0v) is 14.6. The molecule has 1 aliphatic rings. The standard InChI is InChI=1S/C18H25FN6/c1-20-18(21-11-10-14-7-4-5-8-15(14)19)22-13-17-24-23-16-9-3-2-6-12-25(16)17/h4-5,7-8H,2-3,6,9-13H2,1H3,(H2,20,21,22). The molecule has 1 aromatic heterocycles. The van der Waals surface area contributed by atoms with Crippen molar-refractivity contribution in [2.24, 2.45) is 4.99 Å². The van der Waals surface area contributed by atoms with Gasteiger partial charge >= 0.3 is 0 Å². The number of aryl methyl sites for hydroxylation is 1. The van der Waals surface area contributed by atoms with E-state index in [9.17, 15) is 4.39 Å². The Bertz CT molecular complexity index is 724. The lowest BCUT2D eigenvalue weighted by Crippen LogP contribution is -2.38. The van der Waals surface area contributed by atoms with Crippen LogP contribution in [0, 0.1) is 5.82 Å². The van der Waals surface area contributed by atoms with Crippen LogP contribution in [0.4, 0.5) is 4.39 Å². The van der Waals surface area contributed by atoms with Gasteiger partial charge in [0.05, 0.1) is 6.54 Å². The predicted molar refractivity (Wildman–Crippen MR) is 95.9 cm³/mol. The Hall–Kier alpha value is -2.44. The molecule has 1 aromatic carbocycles. The Morgan fingerprint density at radius 1 is 1.20 bits per heavy atom. The first-order valence-corrected chi connectivity index (χ1v) is 8.87. The Morgan fingerprint density at radius 2 is 2.08 bits per heavy atom. The monoisotopic (exact) mass is 344 g/mol. The molecule has 0 spiro atoms. The molecule has 3 rings (SSSR count). The van der Waals surface area contributed by atoms with Gasteiger partial charge in [0.15, 0.2) is 11.8 Å². The number of benzene rings is 1. The molecule has 2 N–H and O–H groups in total. The van der Waals surface area contributed by atoms with Crippen LogP contribution in [0.15, 0.2) is 29.3 Å². The molecule has 0 aliphatic carbocycles. The van der Waals surface area contributed by atoms with Crippen molar-refractivity contribution in [2.45, 2.75) is 45.2 Å². The van der Waals surface area contributed by atoms with Crippen LogP contribution in [0.1, 0.15) is 36.5 Å². The van der Waals surface area contributed by atoms with E-state index in [-0.39, 0.29) is 5.82 Å². The van der Waals surface area contributed by atoms with Crippen molar-refractivity contribution in [2.75, 3.05) is 13.6 Å². The number of guanidine groups is 1. The van der Waals surface area contributed by atoms with E-state index in [0.717, 1.165) is 24.6 Å². The number of halogens is 1. The number of nitrogens with zero attached hydrogens (tertiary/aromatic N) is 4. The largest absolute Gasteiger partial charge is 0.356 e. The highest BCUT2D eigenvalue weighted by atomic mass is 19.1. The average Bonchev–Trinajstić information content (AvgIpc) is 2.86. The zero-order valence-electron chi connectivity index (χ0n) is 14.6. The molecule has 0 saturated carbocycles. The molecule has 2 heterocycles. The summed E-state index contributed by atoms with van der Waals surface area (Å²) < 4.78 is 15.8. The first-order valence-electron chi connectivity index (χ1n) is 8.87. The first kappa shape index (κ1) is 17.4. The summed E-state index contributed by atoms with van der Waals surface area (Å²) in [5.41, 5.74) is 0.702. The Morgan fingerprint density at radius 3 is 2.92 bits per heavy atom. The van der Waals surface area contributed by atoms with Gasteiger partial charge < -0.3 is 15.2 Å². The predicted octanol–water partition coefficient (Wildman–Crippen LogP) is 2.05. The van der Waals surface area contributed by atoms with E-state index in [1.165, 1.54) is 25.3 Å². The molecule has 0 saturated heterocycles. The van der Waals surface area contributed by atoms with E-state index in [1.54, 1.807) is 19.2 Å². The number of fused-ring (bicyclic) bond motifs is 1. The van der Waals surface area contributed by atoms with E-state index in [4.69, 9.17) is 0 Å². The van der Waals surface area contributed by atoms with Crippen LogP contribution in [-0.2, 0) is 25.9 Å². The average molecular weight is 344 g/mol. The lowest BCUT2D eigenvalue weighted by atomic mass is 10.1. The fourth-order valence-electron chi connectivity index (χ4n) is 3.08. The summed E-state index contributed by atoms with van der Waals surface area (Å²) in [5.74, 6) is 2.53. The minimum atomic E-state index is -0.168. The van der Waals surface area contributed by atoms with E-state index in [1.807, 2.05) is 6.07 Å². The summed E-state index contributed by atoms with van der Waals surface area (Å²) in [6.45, 7) is 2.17. The van der Waals surface area contributed by atoms with Crippen LogP contribution in [0.3, 0.4) is 0 Å². The van der Waals surface area contributed by atoms with Gasteiger partial charge in [-0.25, -0.2) is 4.39 Å². The van der Waals surface area contributed by atoms with Crippen LogP contribution in [0.25, 0.3) is 0 Å². The minimum Gasteiger partial charge on any atom is -0.356 e. The second-order valence-electron chi connectivity index (χ2n) is 6.19. The van der Waals surface area contributed by atoms with E-state index < -0.39 is 0 Å². The van der Waals surface area contributed by atoms with Crippen LogP contribution in [0.5, 0.6) is 0 Å². The van der Waals surface area contributed by atoms with Gasteiger partial charge in [-0.3, -0.25) is 4.99 Å². The van der Waals surface area contributed by atoms with Gasteiger partial charge in [0.2, 0.25) is 0 Å². The number of aromatic nitrogens is 3. The molecule has 0 radical (unpaired) electrons. The topological polar surface area (TPSA) is 67.1 Å². The maximum Gasteiger partial charge on any atom is 0.191 e. The van der Waals surface area contributed by atoms with Crippen molar-refractivity contribution in [3.05, 3.63) is 47.3 Å². The molecule has 134 valence electrons. The maximum absolute atomic E-state index is 13.6. The number of nitrogens with one attached hydrogen (secondary N) is 2. The molecule has 6 nitrogen and oxygen atoms in total. The normalized spacial score (nSPS) is 14.7. The molecule has 0 unspecified atom stereocenters. The second-order valence-corrected chi connectivity index (χ2v) is 6.19. The molecule has 2 aromatic rings. The minimum absolute atomic E-state index is 0.168. The fraction of sp³-hybridized carbons (Fsp3) is 0.500. The summed E-state index contributed by atoms with van der Waals surface area (Å²) in [7, 11) is 1.72. The highest BCUT2D eigenvalue weighted by Crippen LogP contribution is 2.14. The van der Waals surface area contributed by atoms with Gasteiger partial charge in [0.25, 0.3) is 0 Å². The third kappa shape index (κ3) is 4.55. The summed E-state index contributed by atoms with van der Waals surface area (Å²) >= 11 is 0. The number of hydrogen-bond acceptors (Lipinski definition) is 3. The molecule has 0 amide bonds. The highest BCUT2D eigenvalue weighted by molar-refractivity contribution is 5.79. The molecule has 25 heavy (non-hydrogen) atoms. The van der Waals surface area contributed by atoms with Gasteiger partial charge in [-0.2, -0.15) is 0 Å². The van der Waals surface area contributed by atoms with Gasteiger partial charge in [-0.1, -0.05) is 24.6 Å². The summed E-state index contributed by atoms with van der Waals surface area (Å²) in [6, 6.07) is 6.84. The molecule has 7 heteroatoms. The summed E-state index contributed by atoms with van der Waals surface area (Å²) in [6.07, 6.45) is 5.21. The van der Waals surface area contributed by atoms with Crippen molar-refractivity contribution < 1.29 is 4.39 Å².